The van der Waals surface area contributed by atoms with Crippen molar-refractivity contribution in [1.82, 2.24) is 4.57 Å². The second-order valence-electron chi connectivity index (χ2n) is 26.8. The summed E-state index contributed by atoms with van der Waals surface area (Å²) in [5, 5.41) is 7.17. The molecule has 2 unspecified atom stereocenters. The van der Waals surface area contributed by atoms with Gasteiger partial charge < -0.3 is 19.3 Å². The van der Waals surface area contributed by atoms with Crippen LogP contribution in [0.3, 0.4) is 0 Å². The largest absolute Gasteiger partial charge is 0.333 e. The number of hydrogen-bond donors (Lipinski definition) is 0. The van der Waals surface area contributed by atoms with Crippen LogP contribution in [0.15, 0.2) is 400 Å². The second kappa shape index (κ2) is 25.5. The summed E-state index contributed by atoms with van der Waals surface area (Å²) in [6.07, 6.45) is 7.21. The Morgan fingerprint density at radius 3 is 1.13 bits per heavy atom. The third-order valence-corrected chi connectivity index (χ3v) is 20.9. The van der Waals surface area contributed by atoms with Crippen molar-refractivity contribution in [3.05, 3.63) is 412 Å². The van der Waals surface area contributed by atoms with Crippen LogP contribution in [0.5, 0.6) is 0 Å². The fourth-order valence-corrected chi connectivity index (χ4v) is 15.9. The molecule has 16 aromatic carbocycles. The SMILES string of the molecule is C1=CC2C(C=C1c1ccccc1)c1cc(-c3ccccc3)ccc1N2c1ccc(-c2ccc(N(c3cccc(N(c4ccc(-c5ccc(-n6c7ccc(-c8ccccc8)cc7c7cc(-c8ccccc8)ccc76)cc5)cc4)c4cccc5ccccc45)c3)c3cccc4ccccc34)cc2)cc1. The lowest BCUT2D eigenvalue weighted by molar-refractivity contribution is 0.747. The summed E-state index contributed by atoms with van der Waals surface area (Å²) in [7, 11) is 0. The lowest BCUT2D eigenvalue weighted by Crippen LogP contribution is -2.28. The van der Waals surface area contributed by atoms with Crippen molar-refractivity contribution in [3.63, 3.8) is 0 Å². The van der Waals surface area contributed by atoms with Gasteiger partial charge in [-0.3, -0.25) is 0 Å². The van der Waals surface area contributed by atoms with Gasteiger partial charge in [0.25, 0.3) is 0 Å². The van der Waals surface area contributed by atoms with Crippen LogP contribution in [0.1, 0.15) is 17.0 Å². The van der Waals surface area contributed by atoms with E-state index in [-0.39, 0.29) is 12.0 Å². The van der Waals surface area contributed by atoms with Crippen molar-refractivity contribution < 1.29 is 0 Å². The van der Waals surface area contributed by atoms with Gasteiger partial charge in [-0.15, -0.1) is 0 Å². The highest BCUT2D eigenvalue weighted by atomic mass is 15.2. The Labute approximate surface area is 594 Å². The van der Waals surface area contributed by atoms with E-state index >= 15 is 0 Å². The molecule has 4 nitrogen and oxygen atoms in total. The fourth-order valence-electron chi connectivity index (χ4n) is 15.9. The summed E-state index contributed by atoms with van der Waals surface area (Å²) in [5.74, 6) is 0.192. The predicted octanol–water partition coefficient (Wildman–Crippen LogP) is 26.6. The maximum atomic E-state index is 2.54. The van der Waals surface area contributed by atoms with Gasteiger partial charge in [0, 0.05) is 67.3 Å². The molecule has 1 aliphatic heterocycles. The number of aromatic nitrogens is 1. The van der Waals surface area contributed by atoms with Crippen molar-refractivity contribution in [3.8, 4) is 61.3 Å². The van der Waals surface area contributed by atoms with Crippen LogP contribution in [-0.4, -0.2) is 10.6 Å². The van der Waals surface area contributed by atoms with Crippen molar-refractivity contribution in [2.75, 3.05) is 14.7 Å². The van der Waals surface area contributed by atoms with Crippen LogP contribution in [0.2, 0.25) is 0 Å². The topological polar surface area (TPSA) is 14.7 Å². The Bertz CT molecular complexity index is 5930. The molecule has 0 N–H and O–H groups in total. The molecule has 0 radical (unpaired) electrons. The zero-order valence-electron chi connectivity index (χ0n) is 56.0. The number of anilines is 8. The molecule has 0 spiro atoms. The molecule has 0 saturated heterocycles. The summed E-state index contributed by atoms with van der Waals surface area (Å²) in [6.45, 7) is 0. The van der Waals surface area contributed by atoms with Crippen molar-refractivity contribution in [2.24, 2.45) is 0 Å². The molecule has 19 rings (SSSR count). The third kappa shape index (κ3) is 10.8. The smallest absolute Gasteiger partial charge is 0.0630 e. The maximum Gasteiger partial charge on any atom is 0.0630 e. The van der Waals surface area contributed by atoms with Gasteiger partial charge in [0.15, 0.2) is 0 Å². The first-order valence-corrected chi connectivity index (χ1v) is 35.3. The Balaban J connectivity index is 0.654. The van der Waals surface area contributed by atoms with Crippen LogP contribution >= 0.6 is 0 Å². The van der Waals surface area contributed by atoms with Crippen molar-refractivity contribution in [1.29, 1.82) is 0 Å². The minimum atomic E-state index is 0.142. The van der Waals surface area contributed by atoms with Gasteiger partial charge >= 0.3 is 0 Å². The molecular formula is C98H68N4. The number of fused-ring (bicyclic) bond motifs is 8. The molecule has 102 heavy (non-hydrogen) atoms. The average Bonchev–Trinajstić information content (AvgIpc) is 1.55. The van der Waals surface area contributed by atoms with E-state index < -0.39 is 0 Å². The van der Waals surface area contributed by atoms with E-state index in [1.165, 1.54) is 105 Å². The lowest BCUT2D eigenvalue weighted by atomic mass is 9.85. The molecule has 2 heterocycles. The van der Waals surface area contributed by atoms with Crippen LogP contribution in [0, 0.1) is 0 Å². The van der Waals surface area contributed by atoms with E-state index in [2.05, 4.69) is 420 Å². The van der Waals surface area contributed by atoms with Gasteiger partial charge in [0.1, 0.15) is 0 Å². The highest BCUT2D eigenvalue weighted by molar-refractivity contribution is 6.12. The quantitative estimate of drug-likeness (QED) is 0.108. The van der Waals surface area contributed by atoms with E-state index in [4.69, 9.17) is 0 Å². The number of rotatable bonds is 14. The number of allylic oxidation sites excluding steroid dienone is 2. The molecule has 4 heteroatoms. The standard InChI is InChI=1S/C98H68N4/c1-5-20-67(21-6-1)77-46-58-95-89(62-77)90-63-78(68-22-7-2-8-23-68)47-59-96(90)101(95)83-54-42-73(43-55-83)71-38-50-81(51-39-71)99(93-36-17-30-75-28-13-15-34-87(75)93)85-32-19-33-86(66-85)100(94-37-18-31-76-29-14-16-35-88(76)94)82-52-40-72(41-53-82)74-44-56-84(57-45-74)102-97-60-48-79(69-24-9-3-10-25-69)64-91(97)92-65-80(49-61-98(92)102)70-26-11-4-12-27-70/h1-66,89,95H. The summed E-state index contributed by atoms with van der Waals surface area (Å²) in [6, 6.07) is 140. The minimum Gasteiger partial charge on any atom is -0.333 e. The van der Waals surface area contributed by atoms with Gasteiger partial charge in [-0.25, -0.2) is 0 Å². The number of hydrogen-bond acceptors (Lipinski definition) is 3. The highest BCUT2D eigenvalue weighted by Gasteiger charge is 2.39. The zero-order chi connectivity index (χ0) is 67.5. The van der Waals surface area contributed by atoms with E-state index in [9.17, 15) is 0 Å². The molecule has 0 fully saturated rings. The maximum absolute atomic E-state index is 2.54. The van der Waals surface area contributed by atoms with Crippen LogP contribution in [0.4, 0.5) is 45.5 Å². The van der Waals surface area contributed by atoms with E-state index in [0.29, 0.717) is 0 Å². The molecule has 1 aromatic heterocycles. The third-order valence-electron chi connectivity index (χ3n) is 20.9. The normalized spacial score (nSPS) is 13.9. The van der Waals surface area contributed by atoms with Crippen molar-refractivity contribution >= 4 is 94.4 Å². The monoisotopic (exact) mass is 1300 g/mol. The van der Waals surface area contributed by atoms with Crippen LogP contribution in [0.25, 0.3) is 110 Å². The molecule has 17 aromatic rings. The first-order valence-electron chi connectivity index (χ1n) is 35.3. The molecule has 0 amide bonds. The fraction of sp³-hybridized carbons (Fsp3) is 0.0204. The van der Waals surface area contributed by atoms with E-state index in [1.54, 1.807) is 0 Å². The molecule has 2 atom stereocenters. The Kier molecular flexibility index (Phi) is 15.0. The van der Waals surface area contributed by atoms with Gasteiger partial charge in [-0.05, 0) is 198 Å². The minimum absolute atomic E-state index is 0.142. The van der Waals surface area contributed by atoms with Gasteiger partial charge in [-0.2, -0.15) is 0 Å². The first kappa shape index (κ1) is 59.9. The molecule has 1 aliphatic carbocycles. The van der Waals surface area contributed by atoms with Gasteiger partial charge in [0.2, 0.25) is 0 Å². The predicted molar refractivity (Wildman–Crippen MR) is 431 cm³/mol. The summed E-state index contributed by atoms with van der Waals surface area (Å²) in [5.41, 5.74) is 28.0. The highest BCUT2D eigenvalue weighted by Crippen LogP contribution is 2.52. The molecule has 0 bridgehead atoms. The summed E-state index contributed by atoms with van der Waals surface area (Å²) < 4.78 is 2.42. The first-order chi connectivity index (χ1) is 50.6. The van der Waals surface area contributed by atoms with Crippen LogP contribution in [-0.2, 0) is 0 Å². The number of benzene rings is 16. The van der Waals surface area contributed by atoms with Crippen molar-refractivity contribution in [2.45, 2.75) is 12.0 Å². The Morgan fingerprint density at radius 2 is 0.637 bits per heavy atom. The van der Waals surface area contributed by atoms with Gasteiger partial charge in [0.05, 0.1) is 28.5 Å². The average molecular weight is 1300 g/mol. The van der Waals surface area contributed by atoms with E-state index in [0.717, 1.165) is 62.1 Å². The van der Waals surface area contributed by atoms with Crippen LogP contribution < -0.4 is 14.7 Å². The molecule has 480 valence electrons. The zero-order valence-corrected chi connectivity index (χ0v) is 56.0. The molecule has 2 aliphatic rings. The lowest BCUT2D eigenvalue weighted by Gasteiger charge is -2.31. The van der Waals surface area contributed by atoms with E-state index in [1.807, 2.05) is 0 Å². The molecule has 0 saturated carbocycles. The Morgan fingerprint density at radius 1 is 0.255 bits per heavy atom. The van der Waals surface area contributed by atoms with Gasteiger partial charge in [-0.1, -0.05) is 285 Å². The number of nitrogens with zero attached hydrogens (tertiary/aromatic N) is 4. The molecular weight excluding hydrogens is 1230 g/mol. The second-order valence-corrected chi connectivity index (χ2v) is 26.8. The summed E-state index contributed by atoms with van der Waals surface area (Å²) in [4.78, 5) is 7.39. The summed E-state index contributed by atoms with van der Waals surface area (Å²) >= 11 is 0. The Hall–Kier alpha value is -13.3.